The lowest BCUT2D eigenvalue weighted by Gasteiger charge is -1.96. The van der Waals surface area contributed by atoms with Crippen molar-refractivity contribution >= 4 is 55.0 Å². The highest BCUT2D eigenvalue weighted by molar-refractivity contribution is 7.22. The second-order valence-electron chi connectivity index (χ2n) is 3.99. The number of fused-ring (bicyclic) bond motifs is 1. The second-order valence-corrected chi connectivity index (χ2v) is 5.86. The van der Waals surface area contributed by atoms with Crippen molar-refractivity contribution in [3.8, 4) is 0 Å². The SMILES string of the molecule is NC(N)=Nc1nc(C(=O)Nc2nc3ccccc3s2)cs1. The Morgan fingerprint density at radius 3 is 2.81 bits per heavy atom. The van der Waals surface area contributed by atoms with Crippen LogP contribution in [-0.2, 0) is 0 Å². The molecule has 0 aliphatic carbocycles. The Morgan fingerprint density at radius 2 is 2.05 bits per heavy atom. The molecule has 3 rings (SSSR count). The molecule has 0 saturated heterocycles. The number of aromatic nitrogens is 2. The van der Waals surface area contributed by atoms with Crippen LogP contribution in [0.25, 0.3) is 10.2 Å². The first kappa shape index (κ1) is 13.5. The van der Waals surface area contributed by atoms with E-state index in [1.807, 2.05) is 24.3 Å². The highest BCUT2D eigenvalue weighted by Crippen LogP contribution is 2.26. The first-order valence-corrected chi connectivity index (χ1v) is 7.53. The number of carbonyl (C=O) groups excluding carboxylic acids is 1. The van der Waals surface area contributed by atoms with E-state index < -0.39 is 0 Å². The zero-order valence-corrected chi connectivity index (χ0v) is 12.2. The smallest absolute Gasteiger partial charge is 0.276 e. The molecule has 0 spiro atoms. The first-order chi connectivity index (χ1) is 10.1. The molecule has 3 aromatic rings. The summed E-state index contributed by atoms with van der Waals surface area (Å²) in [5, 5.41) is 5.17. The molecule has 7 nitrogen and oxygen atoms in total. The molecule has 0 bridgehead atoms. The number of thiazole rings is 2. The van der Waals surface area contributed by atoms with Crippen LogP contribution in [0.2, 0.25) is 0 Å². The Morgan fingerprint density at radius 1 is 1.24 bits per heavy atom. The van der Waals surface area contributed by atoms with Crippen LogP contribution in [0.5, 0.6) is 0 Å². The molecule has 21 heavy (non-hydrogen) atoms. The Kier molecular flexibility index (Phi) is 3.50. The summed E-state index contributed by atoms with van der Waals surface area (Å²) in [5.74, 6) is -0.440. The third-order valence-corrected chi connectivity index (χ3v) is 4.15. The van der Waals surface area contributed by atoms with Crippen molar-refractivity contribution in [2.24, 2.45) is 16.5 Å². The summed E-state index contributed by atoms with van der Waals surface area (Å²) in [5.41, 5.74) is 11.6. The Balaban J connectivity index is 1.79. The number of guanidine groups is 1. The molecule has 0 atom stereocenters. The third-order valence-electron chi connectivity index (χ3n) is 2.46. The maximum absolute atomic E-state index is 12.1. The van der Waals surface area contributed by atoms with E-state index in [0.717, 1.165) is 10.2 Å². The normalized spacial score (nSPS) is 10.5. The fourth-order valence-corrected chi connectivity index (χ4v) is 3.16. The molecule has 0 aliphatic heterocycles. The van der Waals surface area contributed by atoms with Gasteiger partial charge in [-0.2, -0.15) is 4.99 Å². The van der Waals surface area contributed by atoms with Crippen LogP contribution in [0, 0.1) is 0 Å². The number of carbonyl (C=O) groups is 1. The summed E-state index contributed by atoms with van der Waals surface area (Å²) >= 11 is 2.59. The van der Waals surface area contributed by atoms with Crippen molar-refractivity contribution in [2.75, 3.05) is 5.32 Å². The summed E-state index contributed by atoms with van der Waals surface area (Å²) in [7, 11) is 0. The quantitative estimate of drug-likeness (QED) is 0.503. The average Bonchev–Trinajstić information content (AvgIpc) is 3.03. The second kappa shape index (κ2) is 5.46. The molecule has 0 saturated carbocycles. The van der Waals surface area contributed by atoms with E-state index in [2.05, 4.69) is 20.3 Å². The van der Waals surface area contributed by atoms with Crippen molar-refractivity contribution in [1.29, 1.82) is 0 Å². The zero-order valence-electron chi connectivity index (χ0n) is 10.6. The van der Waals surface area contributed by atoms with E-state index in [1.54, 1.807) is 5.38 Å². The van der Waals surface area contributed by atoms with Crippen LogP contribution in [0.4, 0.5) is 10.3 Å². The van der Waals surface area contributed by atoms with E-state index in [1.165, 1.54) is 22.7 Å². The minimum absolute atomic E-state index is 0.0949. The number of nitrogens with two attached hydrogens (primary N) is 2. The minimum atomic E-state index is -0.345. The van der Waals surface area contributed by atoms with Gasteiger partial charge in [-0.1, -0.05) is 23.5 Å². The van der Waals surface area contributed by atoms with Crippen LogP contribution < -0.4 is 16.8 Å². The van der Waals surface area contributed by atoms with Gasteiger partial charge in [0.2, 0.25) is 5.13 Å². The number of hydrogen-bond donors (Lipinski definition) is 3. The van der Waals surface area contributed by atoms with Gasteiger partial charge in [-0.15, -0.1) is 11.3 Å². The van der Waals surface area contributed by atoms with Gasteiger partial charge in [0.25, 0.3) is 5.91 Å². The molecule has 2 aromatic heterocycles. The van der Waals surface area contributed by atoms with Gasteiger partial charge in [-0.25, -0.2) is 9.97 Å². The predicted octanol–water partition coefficient (Wildman–Crippen LogP) is 1.91. The average molecular weight is 318 g/mol. The van der Waals surface area contributed by atoms with Crippen LogP contribution in [0.1, 0.15) is 10.5 Å². The summed E-state index contributed by atoms with van der Waals surface area (Å²) in [6.45, 7) is 0. The lowest BCUT2D eigenvalue weighted by Crippen LogP contribution is -2.21. The van der Waals surface area contributed by atoms with E-state index in [-0.39, 0.29) is 17.6 Å². The highest BCUT2D eigenvalue weighted by Gasteiger charge is 2.13. The molecule has 2 heterocycles. The fraction of sp³-hybridized carbons (Fsp3) is 0. The van der Waals surface area contributed by atoms with Crippen molar-refractivity contribution in [3.05, 3.63) is 35.3 Å². The number of hydrogen-bond acceptors (Lipinski definition) is 6. The standard InChI is InChI=1S/C12H10N6OS2/c13-10(14)18-11-16-7(5-20-11)9(19)17-12-15-6-3-1-2-4-8(6)21-12/h1-5H,(H,15,17,19)(H4,13,14,16,18). The first-order valence-electron chi connectivity index (χ1n) is 5.84. The van der Waals surface area contributed by atoms with Gasteiger partial charge in [0.05, 0.1) is 10.2 Å². The molecule has 0 unspecified atom stereocenters. The molecule has 0 aliphatic rings. The van der Waals surface area contributed by atoms with Gasteiger partial charge < -0.3 is 11.5 Å². The molecular formula is C12H10N6OS2. The monoisotopic (exact) mass is 318 g/mol. The molecule has 1 amide bonds. The Labute approximate surface area is 127 Å². The number of nitrogens with zero attached hydrogens (tertiary/aromatic N) is 3. The summed E-state index contributed by atoms with van der Waals surface area (Å²) in [6, 6.07) is 7.66. The molecule has 106 valence electrons. The number of amides is 1. The van der Waals surface area contributed by atoms with Gasteiger partial charge in [0.1, 0.15) is 5.69 Å². The van der Waals surface area contributed by atoms with Gasteiger partial charge >= 0.3 is 0 Å². The largest absolute Gasteiger partial charge is 0.370 e. The summed E-state index contributed by atoms with van der Waals surface area (Å²) < 4.78 is 1.01. The van der Waals surface area contributed by atoms with Gasteiger partial charge in [0, 0.05) is 5.38 Å². The van der Waals surface area contributed by atoms with E-state index in [4.69, 9.17) is 11.5 Å². The lowest BCUT2D eigenvalue weighted by molar-refractivity contribution is 0.102. The highest BCUT2D eigenvalue weighted by atomic mass is 32.1. The third kappa shape index (κ3) is 2.98. The van der Waals surface area contributed by atoms with E-state index >= 15 is 0 Å². The van der Waals surface area contributed by atoms with E-state index in [0.29, 0.717) is 10.3 Å². The Hall–Kier alpha value is -2.52. The van der Waals surface area contributed by atoms with Crippen LogP contribution in [0.15, 0.2) is 34.6 Å². The molecule has 5 N–H and O–H groups in total. The van der Waals surface area contributed by atoms with Crippen LogP contribution >= 0.6 is 22.7 Å². The van der Waals surface area contributed by atoms with Crippen molar-refractivity contribution in [3.63, 3.8) is 0 Å². The van der Waals surface area contributed by atoms with Crippen LogP contribution in [-0.4, -0.2) is 21.8 Å². The molecule has 9 heteroatoms. The van der Waals surface area contributed by atoms with Crippen LogP contribution in [0.3, 0.4) is 0 Å². The fourth-order valence-electron chi connectivity index (χ4n) is 1.62. The van der Waals surface area contributed by atoms with Crippen molar-refractivity contribution < 1.29 is 4.79 Å². The zero-order chi connectivity index (χ0) is 14.8. The molecular weight excluding hydrogens is 308 g/mol. The molecule has 0 fully saturated rings. The number of nitrogens with one attached hydrogen (secondary N) is 1. The van der Waals surface area contributed by atoms with Gasteiger partial charge in [-0.3, -0.25) is 10.1 Å². The van der Waals surface area contributed by atoms with Crippen molar-refractivity contribution in [2.45, 2.75) is 0 Å². The van der Waals surface area contributed by atoms with Gasteiger partial charge in [-0.05, 0) is 12.1 Å². The number of aliphatic imine (C=N–C) groups is 1. The maximum atomic E-state index is 12.1. The van der Waals surface area contributed by atoms with Crippen molar-refractivity contribution in [1.82, 2.24) is 9.97 Å². The number of benzene rings is 1. The summed E-state index contributed by atoms with van der Waals surface area (Å²) in [4.78, 5) is 24.2. The Bertz CT molecular complexity index is 800. The van der Waals surface area contributed by atoms with Gasteiger partial charge in [0.15, 0.2) is 11.1 Å². The lowest BCUT2D eigenvalue weighted by atomic mass is 10.3. The number of anilines is 1. The van der Waals surface area contributed by atoms with E-state index in [9.17, 15) is 4.79 Å². The minimum Gasteiger partial charge on any atom is -0.370 e. The summed E-state index contributed by atoms with van der Waals surface area (Å²) in [6.07, 6.45) is 0. The topological polar surface area (TPSA) is 119 Å². The maximum Gasteiger partial charge on any atom is 0.276 e. The number of para-hydroxylation sites is 1. The number of rotatable bonds is 3. The predicted molar refractivity (Wildman–Crippen MR) is 85.2 cm³/mol. The molecule has 0 radical (unpaired) electrons. The molecule has 1 aromatic carbocycles.